The van der Waals surface area contributed by atoms with Gasteiger partial charge >= 0.3 is 5.97 Å². The molecule has 1 N–H and O–H groups in total. The Labute approximate surface area is 199 Å². The summed E-state index contributed by atoms with van der Waals surface area (Å²) in [5.41, 5.74) is 2.51. The van der Waals surface area contributed by atoms with Crippen LogP contribution < -0.4 is 4.74 Å². The van der Waals surface area contributed by atoms with E-state index in [2.05, 4.69) is 20.9 Å². The molecular weight excluding hydrogens is 433 g/mol. The third kappa shape index (κ3) is 5.89. The lowest BCUT2D eigenvalue weighted by atomic mass is 9.81. The number of fused-ring (bicyclic) bond motifs is 1. The first-order chi connectivity index (χ1) is 16.5. The maximum Gasteiger partial charge on any atom is 0.308 e. The predicted molar refractivity (Wildman–Crippen MR) is 130 cm³/mol. The number of ether oxygens (including phenoxy) is 1. The summed E-state index contributed by atoms with van der Waals surface area (Å²) < 4.78 is 20.6. The number of benzene rings is 1. The fourth-order valence-corrected chi connectivity index (χ4v) is 5.01. The van der Waals surface area contributed by atoms with Crippen LogP contribution in [0.5, 0.6) is 5.75 Å². The van der Waals surface area contributed by atoms with Crippen LogP contribution in [-0.4, -0.2) is 52.7 Å². The molecule has 1 fully saturated rings. The first-order valence-corrected chi connectivity index (χ1v) is 12.0. The second-order valence-electron chi connectivity index (χ2n) is 9.09. The van der Waals surface area contributed by atoms with Crippen LogP contribution in [-0.2, 0) is 11.2 Å². The summed E-state index contributed by atoms with van der Waals surface area (Å²) in [4.78, 5) is 22.7. The van der Waals surface area contributed by atoms with Gasteiger partial charge in [-0.3, -0.25) is 14.8 Å². The van der Waals surface area contributed by atoms with Gasteiger partial charge in [-0.25, -0.2) is 4.39 Å². The lowest BCUT2D eigenvalue weighted by Crippen LogP contribution is -2.44. The average Bonchev–Trinajstić information content (AvgIpc) is 2.87. The number of hydrogen-bond acceptors (Lipinski definition) is 5. The van der Waals surface area contributed by atoms with E-state index in [0.717, 1.165) is 43.3 Å². The molecule has 6 nitrogen and oxygen atoms in total. The lowest BCUT2D eigenvalue weighted by Gasteiger charge is -2.37. The molecule has 0 aliphatic carbocycles. The highest BCUT2D eigenvalue weighted by atomic mass is 19.1. The molecule has 4 rings (SSSR count). The third-order valence-corrected chi connectivity index (χ3v) is 6.93. The van der Waals surface area contributed by atoms with Crippen LogP contribution in [0.1, 0.15) is 43.0 Å². The fourth-order valence-electron chi connectivity index (χ4n) is 5.01. The summed E-state index contributed by atoms with van der Waals surface area (Å²) in [5.74, 6) is -0.603. The molecule has 1 aromatic carbocycles. The van der Waals surface area contributed by atoms with Crippen molar-refractivity contribution in [3.63, 3.8) is 0 Å². The van der Waals surface area contributed by atoms with Crippen molar-refractivity contribution in [1.82, 2.24) is 14.9 Å². The zero-order valence-corrected chi connectivity index (χ0v) is 19.6. The van der Waals surface area contributed by atoms with Crippen molar-refractivity contribution in [2.24, 2.45) is 11.8 Å². The van der Waals surface area contributed by atoms with E-state index in [1.807, 2.05) is 30.5 Å². The van der Waals surface area contributed by atoms with Crippen LogP contribution in [0.2, 0.25) is 0 Å². The van der Waals surface area contributed by atoms with Gasteiger partial charge in [0, 0.05) is 30.5 Å². The molecule has 0 bridgehead atoms. The quantitative estimate of drug-likeness (QED) is 0.450. The van der Waals surface area contributed by atoms with Gasteiger partial charge in [-0.1, -0.05) is 6.07 Å². The summed E-state index contributed by atoms with van der Waals surface area (Å²) in [6.45, 7) is 2.25. The molecule has 0 amide bonds. The van der Waals surface area contributed by atoms with Crippen LogP contribution in [0.25, 0.3) is 10.9 Å². The van der Waals surface area contributed by atoms with Gasteiger partial charge in [0.2, 0.25) is 0 Å². The highest BCUT2D eigenvalue weighted by Crippen LogP contribution is 2.35. The molecule has 34 heavy (non-hydrogen) atoms. The summed E-state index contributed by atoms with van der Waals surface area (Å²) in [6.07, 6.45) is 7.62. The van der Waals surface area contributed by atoms with Crippen LogP contribution in [0.4, 0.5) is 4.39 Å². The van der Waals surface area contributed by atoms with E-state index in [4.69, 9.17) is 4.74 Å². The Hall–Kier alpha value is -3.06. The van der Waals surface area contributed by atoms with Crippen LogP contribution in [0.15, 0.2) is 55.0 Å². The molecule has 3 atom stereocenters. The number of aromatic nitrogens is 2. The number of pyridine rings is 2. The fraction of sp³-hybridized carbons (Fsp3) is 0.444. The molecule has 0 unspecified atom stereocenters. The second kappa shape index (κ2) is 11.4. The molecule has 3 aromatic rings. The van der Waals surface area contributed by atoms with Gasteiger partial charge in [0.05, 0.1) is 18.5 Å². The summed E-state index contributed by atoms with van der Waals surface area (Å²) in [5, 5.41) is 10.6. The first kappa shape index (κ1) is 24.1. The number of alkyl halides is 1. The van der Waals surface area contributed by atoms with Crippen molar-refractivity contribution in [1.29, 1.82) is 0 Å². The number of carbonyl (C=O) groups is 1. The molecule has 3 heterocycles. The first-order valence-electron chi connectivity index (χ1n) is 12.0. The minimum Gasteiger partial charge on any atom is -0.497 e. The smallest absolute Gasteiger partial charge is 0.308 e. The molecule has 1 saturated heterocycles. The summed E-state index contributed by atoms with van der Waals surface area (Å²) >= 11 is 0. The van der Waals surface area contributed by atoms with Crippen LogP contribution >= 0.6 is 0 Å². The van der Waals surface area contributed by atoms with Gasteiger partial charge in [0.25, 0.3) is 0 Å². The summed E-state index contributed by atoms with van der Waals surface area (Å²) in [7, 11) is 1.58. The predicted octanol–water partition coefficient (Wildman–Crippen LogP) is 5.08. The van der Waals surface area contributed by atoms with Crippen molar-refractivity contribution < 1.29 is 19.0 Å². The number of nitrogens with zero attached hydrogens (tertiary/aromatic N) is 3. The SMILES string of the molecule is COc1ccc2nccc([C@@H](F)CC[C@@H]3CCN(CCCc4cccnc4)C[C@@H]3C(=O)O)c2c1. The van der Waals surface area contributed by atoms with Gasteiger partial charge in [-0.05, 0) is 92.6 Å². The van der Waals surface area contributed by atoms with Gasteiger partial charge in [-0.2, -0.15) is 0 Å². The normalized spacial score (nSPS) is 19.7. The molecule has 0 saturated carbocycles. The Morgan fingerprint density at radius 2 is 2.18 bits per heavy atom. The van der Waals surface area contributed by atoms with Crippen molar-refractivity contribution in [2.45, 2.75) is 38.3 Å². The largest absolute Gasteiger partial charge is 0.497 e. The molecule has 0 radical (unpaired) electrons. The zero-order valence-electron chi connectivity index (χ0n) is 19.6. The number of rotatable bonds is 10. The van der Waals surface area contributed by atoms with E-state index < -0.39 is 18.1 Å². The number of likely N-dealkylation sites (tertiary alicyclic amines) is 1. The Morgan fingerprint density at radius 3 is 2.94 bits per heavy atom. The number of hydrogen-bond donors (Lipinski definition) is 1. The Balaban J connectivity index is 1.34. The Morgan fingerprint density at radius 1 is 1.29 bits per heavy atom. The Kier molecular flexibility index (Phi) is 8.06. The number of piperidine rings is 1. The number of carboxylic acid groups (broad SMARTS) is 1. The molecule has 2 aromatic heterocycles. The van der Waals surface area contributed by atoms with Crippen LogP contribution in [0, 0.1) is 11.8 Å². The number of methoxy groups -OCH3 is 1. The van der Waals surface area contributed by atoms with Crippen molar-refractivity contribution in [3.05, 3.63) is 66.1 Å². The van der Waals surface area contributed by atoms with E-state index in [1.165, 1.54) is 5.56 Å². The number of halogens is 1. The van der Waals surface area contributed by atoms with E-state index in [-0.39, 0.29) is 5.92 Å². The maximum absolute atomic E-state index is 15.4. The highest BCUT2D eigenvalue weighted by molar-refractivity contribution is 5.83. The molecule has 7 heteroatoms. The molecule has 1 aliphatic rings. The van der Waals surface area contributed by atoms with Crippen molar-refractivity contribution >= 4 is 16.9 Å². The van der Waals surface area contributed by atoms with E-state index in [9.17, 15) is 9.90 Å². The van der Waals surface area contributed by atoms with Gasteiger partial charge in [0.15, 0.2) is 0 Å². The standard InChI is InChI=1S/C27H32FN3O3/c1-34-21-7-9-26-23(16-21)22(10-13-30-26)25(28)8-6-20-11-15-31(18-24(20)27(32)33)14-3-5-19-4-2-12-29-17-19/h2,4,7,9-10,12-13,16-17,20,24-25H,3,5-6,8,11,14-15,18H2,1H3,(H,32,33)/t20-,24+,25+/m1/s1. The molecule has 0 spiro atoms. The van der Waals surface area contributed by atoms with Crippen molar-refractivity contribution in [2.75, 3.05) is 26.7 Å². The number of carboxylic acids is 1. The lowest BCUT2D eigenvalue weighted by molar-refractivity contribution is -0.146. The van der Waals surface area contributed by atoms with Crippen molar-refractivity contribution in [3.8, 4) is 5.75 Å². The number of aryl methyl sites for hydroxylation is 1. The minimum atomic E-state index is -1.18. The Bertz CT molecular complexity index is 1090. The third-order valence-electron chi connectivity index (χ3n) is 6.93. The molecular formula is C27H32FN3O3. The topological polar surface area (TPSA) is 75.5 Å². The second-order valence-corrected chi connectivity index (χ2v) is 9.09. The van der Waals surface area contributed by atoms with E-state index in [1.54, 1.807) is 25.6 Å². The molecule has 180 valence electrons. The minimum absolute atomic E-state index is 0.0204. The van der Waals surface area contributed by atoms with Gasteiger partial charge < -0.3 is 14.7 Å². The molecule has 1 aliphatic heterocycles. The number of aliphatic carboxylic acids is 1. The van der Waals surface area contributed by atoms with Crippen LogP contribution in [0.3, 0.4) is 0 Å². The zero-order chi connectivity index (χ0) is 23.9. The highest BCUT2D eigenvalue weighted by Gasteiger charge is 2.34. The maximum atomic E-state index is 15.4. The van der Waals surface area contributed by atoms with E-state index >= 15 is 4.39 Å². The van der Waals surface area contributed by atoms with Gasteiger partial charge in [0.1, 0.15) is 11.9 Å². The van der Waals surface area contributed by atoms with E-state index in [0.29, 0.717) is 30.7 Å². The van der Waals surface area contributed by atoms with Gasteiger partial charge in [-0.15, -0.1) is 0 Å². The summed E-state index contributed by atoms with van der Waals surface area (Å²) in [6, 6.07) is 11.2. The monoisotopic (exact) mass is 465 g/mol. The average molecular weight is 466 g/mol.